The number of benzene rings is 1. The fourth-order valence-corrected chi connectivity index (χ4v) is 2.14. The minimum atomic E-state index is 0.172. The number of rotatable bonds is 5. The molecule has 108 valence electrons. The molecule has 2 aromatic rings. The van der Waals surface area contributed by atoms with E-state index in [0.29, 0.717) is 0 Å². The summed E-state index contributed by atoms with van der Waals surface area (Å²) in [6, 6.07) is 8.57. The average molecular weight is 272 g/mol. The maximum Gasteiger partial charge on any atom is 0.181 e. The number of oxazole rings is 1. The first-order chi connectivity index (χ1) is 9.52. The van der Waals surface area contributed by atoms with Crippen molar-refractivity contribution in [3.05, 3.63) is 41.9 Å². The molecule has 0 radical (unpaired) electrons. The van der Waals surface area contributed by atoms with Gasteiger partial charge >= 0.3 is 0 Å². The zero-order valence-electron chi connectivity index (χ0n) is 12.9. The standard InChI is InChI=1S/C17H24N2O/c1-5-10-18-11-15-16(20-12-19-15)13-6-8-14(9-7-13)17(2,3)4/h6-9,12,18H,5,10-11H2,1-4H3. The van der Waals surface area contributed by atoms with Gasteiger partial charge in [0.2, 0.25) is 0 Å². The molecule has 0 amide bonds. The lowest BCUT2D eigenvalue weighted by Gasteiger charge is -2.19. The molecule has 0 unspecified atom stereocenters. The number of hydrogen-bond donors (Lipinski definition) is 1. The van der Waals surface area contributed by atoms with Crippen LogP contribution in [0.4, 0.5) is 0 Å². The van der Waals surface area contributed by atoms with Gasteiger partial charge in [-0.1, -0.05) is 52.0 Å². The fourth-order valence-electron chi connectivity index (χ4n) is 2.14. The van der Waals surface area contributed by atoms with Crippen LogP contribution in [0, 0.1) is 0 Å². The van der Waals surface area contributed by atoms with Crippen molar-refractivity contribution in [3.63, 3.8) is 0 Å². The summed E-state index contributed by atoms with van der Waals surface area (Å²) < 4.78 is 5.56. The minimum absolute atomic E-state index is 0.172. The molecule has 1 N–H and O–H groups in total. The van der Waals surface area contributed by atoms with Crippen LogP contribution in [0.1, 0.15) is 45.4 Å². The van der Waals surface area contributed by atoms with Gasteiger partial charge in [-0.05, 0) is 23.9 Å². The van der Waals surface area contributed by atoms with Gasteiger partial charge in [0, 0.05) is 12.1 Å². The highest BCUT2D eigenvalue weighted by atomic mass is 16.3. The Kier molecular flexibility index (Phi) is 4.61. The van der Waals surface area contributed by atoms with Crippen LogP contribution in [0.25, 0.3) is 11.3 Å². The second kappa shape index (κ2) is 6.23. The predicted molar refractivity (Wildman–Crippen MR) is 82.6 cm³/mol. The van der Waals surface area contributed by atoms with Crippen LogP contribution in [-0.2, 0) is 12.0 Å². The van der Waals surface area contributed by atoms with Crippen LogP contribution in [0.3, 0.4) is 0 Å². The van der Waals surface area contributed by atoms with Gasteiger partial charge in [0.1, 0.15) is 5.69 Å². The molecule has 1 aromatic heterocycles. The van der Waals surface area contributed by atoms with Crippen LogP contribution in [-0.4, -0.2) is 11.5 Å². The lowest BCUT2D eigenvalue weighted by molar-refractivity contribution is 0.568. The summed E-state index contributed by atoms with van der Waals surface area (Å²) >= 11 is 0. The monoisotopic (exact) mass is 272 g/mol. The molecule has 0 aliphatic carbocycles. The molecule has 0 bridgehead atoms. The largest absolute Gasteiger partial charge is 0.443 e. The molecule has 2 rings (SSSR count). The van der Waals surface area contributed by atoms with Crippen molar-refractivity contribution in [2.75, 3.05) is 6.54 Å². The molecule has 0 fully saturated rings. The first-order valence-corrected chi connectivity index (χ1v) is 7.26. The van der Waals surface area contributed by atoms with Crippen LogP contribution >= 0.6 is 0 Å². The molecular formula is C17H24N2O. The second-order valence-electron chi connectivity index (χ2n) is 6.13. The molecule has 20 heavy (non-hydrogen) atoms. The molecule has 3 nitrogen and oxygen atoms in total. The molecule has 0 aliphatic heterocycles. The highest BCUT2D eigenvalue weighted by Crippen LogP contribution is 2.27. The van der Waals surface area contributed by atoms with E-state index < -0.39 is 0 Å². The Hall–Kier alpha value is -1.61. The Bertz CT molecular complexity index is 535. The van der Waals surface area contributed by atoms with Crippen molar-refractivity contribution < 1.29 is 4.42 Å². The molecule has 0 spiro atoms. The van der Waals surface area contributed by atoms with Crippen LogP contribution in [0.15, 0.2) is 35.1 Å². The quantitative estimate of drug-likeness (QED) is 0.831. The van der Waals surface area contributed by atoms with E-state index in [4.69, 9.17) is 4.42 Å². The highest BCUT2D eigenvalue weighted by molar-refractivity contribution is 5.60. The predicted octanol–water partition coefficient (Wildman–Crippen LogP) is 4.14. The Morgan fingerprint density at radius 1 is 1.15 bits per heavy atom. The number of nitrogens with one attached hydrogen (secondary N) is 1. The van der Waals surface area contributed by atoms with Crippen molar-refractivity contribution in [2.45, 2.75) is 46.1 Å². The van der Waals surface area contributed by atoms with E-state index in [1.165, 1.54) is 12.0 Å². The molecule has 1 aromatic carbocycles. The third-order valence-corrected chi connectivity index (χ3v) is 3.37. The summed E-state index contributed by atoms with van der Waals surface area (Å²) in [6.07, 6.45) is 2.64. The summed E-state index contributed by atoms with van der Waals surface area (Å²) in [5.74, 6) is 0.870. The van der Waals surface area contributed by atoms with Gasteiger partial charge in [-0.15, -0.1) is 0 Å². The molecule has 3 heteroatoms. The smallest absolute Gasteiger partial charge is 0.181 e. The Balaban J connectivity index is 2.18. The van der Waals surface area contributed by atoms with E-state index in [1.807, 2.05) is 0 Å². The van der Waals surface area contributed by atoms with Crippen molar-refractivity contribution in [1.82, 2.24) is 10.3 Å². The zero-order valence-corrected chi connectivity index (χ0v) is 12.9. The highest BCUT2D eigenvalue weighted by Gasteiger charge is 2.15. The maximum absolute atomic E-state index is 5.56. The minimum Gasteiger partial charge on any atom is -0.443 e. The first-order valence-electron chi connectivity index (χ1n) is 7.26. The lowest BCUT2D eigenvalue weighted by atomic mass is 9.86. The summed E-state index contributed by atoms with van der Waals surface area (Å²) in [5, 5.41) is 3.36. The molecular weight excluding hydrogens is 248 g/mol. The molecule has 0 saturated heterocycles. The van der Waals surface area contributed by atoms with Gasteiger partial charge in [0.15, 0.2) is 12.2 Å². The van der Waals surface area contributed by atoms with Gasteiger partial charge in [-0.2, -0.15) is 0 Å². The van der Waals surface area contributed by atoms with Crippen LogP contribution in [0.5, 0.6) is 0 Å². The summed E-state index contributed by atoms with van der Waals surface area (Å²) in [7, 11) is 0. The van der Waals surface area contributed by atoms with E-state index in [1.54, 1.807) is 0 Å². The van der Waals surface area contributed by atoms with E-state index in [2.05, 4.69) is 62.3 Å². The molecule has 0 atom stereocenters. The van der Waals surface area contributed by atoms with Crippen molar-refractivity contribution in [2.24, 2.45) is 0 Å². The number of nitrogens with zero attached hydrogens (tertiary/aromatic N) is 1. The number of hydrogen-bond acceptors (Lipinski definition) is 3. The first kappa shape index (κ1) is 14.8. The lowest BCUT2D eigenvalue weighted by Crippen LogP contribution is -2.14. The van der Waals surface area contributed by atoms with E-state index in [-0.39, 0.29) is 5.41 Å². The third kappa shape index (κ3) is 3.48. The summed E-state index contributed by atoms with van der Waals surface area (Å²) in [6.45, 7) is 10.6. The second-order valence-corrected chi connectivity index (χ2v) is 6.13. The van der Waals surface area contributed by atoms with Crippen molar-refractivity contribution in [1.29, 1.82) is 0 Å². The van der Waals surface area contributed by atoms with E-state index >= 15 is 0 Å². The summed E-state index contributed by atoms with van der Waals surface area (Å²) in [4.78, 5) is 4.31. The average Bonchev–Trinajstić information content (AvgIpc) is 2.87. The fraction of sp³-hybridized carbons (Fsp3) is 0.471. The number of aromatic nitrogens is 1. The normalized spacial score (nSPS) is 11.8. The van der Waals surface area contributed by atoms with Gasteiger partial charge in [0.25, 0.3) is 0 Å². The maximum atomic E-state index is 5.56. The summed E-state index contributed by atoms with van der Waals surface area (Å²) in [5.41, 5.74) is 3.56. The molecule has 0 aliphatic rings. The topological polar surface area (TPSA) is 38.1 Å². The Morgan fingerprint density at radius 3 is 2.45 bits per heavy atom. The molecule has 0 saturated carbocycles. The van der Waals surface area contributed by atoms with E-state index in [0.717, 1.165) is 36.5 Å². The van der Waals surface area contributed by atoms with E-state index in [9.17, 15) is 0 Å². The SMILES string of the molecule is CCCNCc1ncoc1-c1ccc(C(C)(C)C)cc1. The molecule has 1 heterocycles. The van der Waals surface area contributed by atoms with Crippen molar-refractivity contribution in [3.8, 4) is 11.3 Å². The van der Waals surface area contributed by atoms with Crippen LogP contribution < -0.4 is 5.32 Å². The Labute approximate surface area is 121 Å². The van der Waals surface area contributed by atoms with Crippen LogP contribution in [0.2, 0.25) is 0 Å². The van der Waals surface area contributed by atoms with Gasteiger partial charge in [-0.3, -0.25) is 0 Å². The van der Waals surface area contributed by atoms with Gasteiger partial charge < -0.3 is 9.73 Å². The third-order valence-electron chi connectivity index (χ3n) is 3.37. The van der Waals surface area contributed by atoms with Gasteiger partial charge in [-0.25, -0.2) is 4.98 Å². The Morgan fingerprint density at radius 2 is 1.85 bits per heavy atom. The van der Waals surface area contributed by atoms with Gasteiger partial charge in [0.05, 0.1) is 0 Å². The van der Waals surface area contributed by atoms with Crippen molar-refractivity contribution >= 4 is 0 Å². The zero-order chi connectivity index (χ0) is 14.6.